The highest BCUT2D eigenvalue weighted by Crippen LogP contribution is 2.16. The van der Waals surface area contributed by atoms with Gasteiger partial charge in [0.2, 0.25) is 0 Å². The Morgan fingerprint density at radius 2 is 2.14 bits per heavy atom. The SMILES string of the molecule is CC(C)CNCc1ccc(Br)c(F)c1. The van der Waals surface area contributed by atoms with Crippen molar-refractivity contribution in [2.75, 3.05) is 6.54 Å². The molecule has 0 spiro atoms. The molecule has 0 bridgehead atoms. The standard InChI is InChI=1S/C11H15BrFN/c1-8(2)6-14-7-9-3-4-10(12)11(13)5-9/h3-5,8,14H,6-7H2,1-2H3. The molecule has 1 nitrogen and oxygen atoms in total. The number of halogens is 2. The number of benzene rings is 1. The van der Waals surface area contributed by atoms with Gasteiger partial charge in [-0.25, -0.2) is 4.39 Å². The maximum absolute atomic E-state index is 13.1. The number of nitrogens with one attached hydrogen (secondary N) is 1. The zero-order valence-electron chi connectivity index (χ0n) is 8.48. The lowest BCUT2D eigenvalue weighted by atomic mass is 10.2. The fourth-order valence-electron chi connectivity index (χ4n) is 1.15. The van der Waals surface area contributed by atoms with Gasteiger partial charge < -0.3 is 5.32 Å². The molecule has 0 atom stereocenters. The number of hydrogen-bond donors (Lipinski definition) is 1. The van der Waals surface area contributed by atoms with Crippen molar-refractivity contribution in [1.82, 2.24) is 5.32 Å². The Morgan fingerprint density at radius 1 is 1.43 bits per heavy atom. The van der Waals surface area contributed by atoms with Gasteiger partial charge >= 0.3 is 0 Å². The number of rotatable bonds is 4. The summed E-state index contributed by atoms with van der Waals surface area (Å²) in [5.41, 5.74) is 0.978. The first-order chi connectivity index (χ1) is 6.59. The van der Waals surface area contributed by atoms with Crippen molar-refractivity contribution in [3.8, 4) is 0 Å². The van der Waals surface area contributed by atoms with Gasteiger partial charge in [0.05, 0.1) is 4.47 Å². The van der Waals surface area contributed by atoms with E-state index in [1.54, 1.807) is 12.1 Å². The van der Waals surface area contributed by atoms with E-state index in [4.69, 9.17) is 0 Å². The largest absolute Gasteiger partial charge is 0.312 e. The Kier molecular flexibility index (Phi) is 4.55. The molecule has 3 heteroatoms. The van der Waals surface area contributed by atoms with Gasteiger partial charge in [-0.15, -0.1) is 0 Å². The molecule has 0 aliphatic heterocycles. The third kappa shape index (κ3) is 3.76. The summed E-state index contributed by atoms with van der Waals surface area (Å²) in [5, 5.41) is 3.27. The van der Waals surface area contributed by atoms with E-state index < -0.39 is 0 Å². The van der Waals surface area contributed by atoms with Crippen molar-refractivity contribution in [3.05, 3.63) is 34.1 Å². The minimum atomic E-state index is -0.200. The maximum atomic E-state index is 13.1. The Hall–Kier alpha value is -0.410. The van der Waals surface area contributed by atoms with Crippen LogP contribution in [0.4, 0.5) is 4.39 Å². The number of hydrogen-bond acceptors (Lipinski definition) is 1. The molecule has 0 aliphatic carbocycles. The monoisotopic (exact) mass is 259 g/mol. The predicted octanol–water partition coefficient (Wildman–Crippen LogP) is 3.33. The van der Waals surface area contributed by atoms with Gasteiger partial charge in [0.1, 0.15) is 5.82 Å². The van der Waals surface area contributed by atoms with E-state index in [-0.39, 0.29) is 5.82 Å². The molecule has 0 saturated carbocycles. The lowest BCUT2D eigenvalue weighted by Gasteiger charge is -2.07. The highest BCUT2D eigenvalue weighted by Gasteiger charge is 2.00. The molecule has 0 amide bonds. The van der Waals surface area contributed by atoms with Crippen molar-refractivity contribution in [1.29, 1.82) is 0 Å². The van der Waals surface area contributed by atoms with Crippen molar-refractivity contribution in [3.63, 3.8) is 0 Å². The molecule has 0 aromatic heterocycles. The lowest BCUT2D eigenvalue weighted by Crippen LogP contribution is -2.18. The summed E-state index contributed by atoms with van der Waals surface area (Å²) in [6.07, 6.45) is 0. The molecule has 1 aromatic carbocycles. The molecule has 0 unspecified atom stereocenters. The third-order valence-corrected chi connectivity index (χ3v) is 2.51. The van der Waals surface area contributed by atoms with Gasteiger partial charge in [0, 0.05) is 6.54 Å². The molecule has 0 aliphatic rings. The first kappa shape index (κ1) is 11.7. The highest BCUT2D eigenvalue weighted by molar-refractivity contribution is 9.10. The van der Waals surface area contributed by atoms with Crippen molar-refractivity contribution >= 4 is 15.9 Å². The summed E-state index contributed by atoms with van der Waals surface area (Å²) >= 11 is 3.13. The van der Waals surface area contributed by atoms with Gasteiger partial charge in [-0.2, -0.15) is 0 Å². The molecule has 1 N–H and O–H groups in total. The second kappa shape index (κ2) is 5.47. The average molecular weight is 260 g/mol. The predicted molar refractivity (Wildman–Crippen MR) is 60.6 cm³/mol. The van der Waals surface area contributed by atoms with Crippen LogP contribution in [0.3, 0.4) is 0 Å². The van der Waals surface area contributed by atoms with Crippen LogP contribution in [0, 0.1) is 11.7 Å². The molecule has 0 saturated heterocycles. The maximum Gasteiger partial charge on any atom is 0.137 e. The molecule has 0 fully saturated rings. The van der Waals surface area contributed by atoms with Gasteiger partial charge in [0.15, 0.2) is 0 Å². The second-order valence-electron chi connectivity index (χ2n) is 3.77. The van der Waals surface area contributed by atoms with E-state index >= 15 is 0 Å². The first-order valence-electron chi connectivity index (χ1n) is 4.74. The Bertz CT molecular complexity index is 299. The van der Waals surface area contributed by atoms with Crippen LogP contribution in [-0.2, 0) is 6.54 Å². The quantitative estimate of drug-likeness (QED) is 0.875. The van der Waals surface area contributed by atoms with Crippen LogP contribution in [0.1, 0.15) is 19.4 Å². The fraction of sp³-hybridized carbons (Fsp3) is 0.455. The molecule has 14 heavy (non-hydrogen) atoms. The minimum Gasteiger partial charge on any atom is -0.312 e. The molecule has 0 heterocycles. The van der Waals surface area contributed by atoms with Crippen LogP contribution in [0.2, 0.25) is 0 Å². The summed E-state index contributed by atoms with van der Waals surface area (Å²) in [6, 6.07) is 5.21. The second-order valence-corrected chi connectivity index (χ2v) is 4.63. The summed E-state index contributed by atoms with van der Waals surface area (Å²) in [5.74, 6) is 0.421. The normalized spacial score (nSPS) is 10.9. The Morgan fingerprint density at radius 3 is 2.71 bits per heavy atom. The van der Waals surface area contributed by atoms with Gasteiger partial charge in [-0.05, 0) is 46.1 Å². The average Bonchev–Trinajstić information content (AvgIpc) is 2.10. The summed E-state index contributed by atoms with van der Waals surface area (Å²) in [4.78, 5) is 0. The highest BCUT2D eigenvalue weighted by atomic mass is 79.9. The van der Waals surface area contributed by atoms with Gasteiger partial charge in [-0.3, -0.25) is 0 Å². The fourth-order valence-corrected chi connectivity index (χ4v) is 1.40. The molecular formula is C11H15BrFN. The zero-order valence-corrected chi connectivity index (χ0v) is 10.1. The zero-order chi connectivity index (χ0) is 10.6. The van der Waals surface area contributed by atoms with E-state index in [0.29, 0.717) is 10.4 Å². The Labute approximate surface area is 92.8 Å². The molecular weight excluding hydrogens is 245 g/mol. The van der Waals surface area contributed by atoms with Crippen LogP contribution in [-0.4, -0.2) is 6.54 Å². The topological polar surface area (TPSA) is 12.0 Å². The molecule has 0 radical (unpaired) electrons. The third-order valence-electron chi connectivity index (χ3n) is 1.87. The lowest BCUT2D eigenvalue weighted by molar-refractivity contribution is 0.549. The van der Waals surface area contributed by atoms with Crippen LogP contribution in [0.5, 0.6) is 0 Å². The van der Waals surface area contributed by atoms with Crippen LogP contribution >= 0.6 is 15.9 Å². The summed E-state index contributed by atoms with van der Waals surface area (Å²) in [7, 11) is 0. The van der Waals surface area contributed by atoms with E-state index in [2.05, 4.69) is 35.1 Å². The van der Waals surface area contributed by atoms with Crippen LogP contribution in [0.15, 0.2) is 22.7 Å². The van der Waals surface area contributed by atoms with Crippen molar-refractivity contribution < 1.29 is 4.39 Å². The van der Waals surface area contributed by atoms with Gasteiger partial charge in [-0.1, -0.05) is 19.9 Å². The van der Waals surface area contributed by atoms with Crippen molar-refractivity contribution in [2.45, 2.75) is 20.4 Å². The van der Waals surface area contributed by atoms with Crippen LogP contribution < -0.4 is 5.32 Å². The minimum absolute atomic E-state index is 0.200. The Balaban J connectivity index is 2.47. The summed E-state index contributed by atoms with van der Waals surface area (Å²) < 4.78 is 13.6. The van der Waals surface area contributed by atoms with Gasteiger partial charge in [0.25, 0.3) is 0 Å². The van der Waals surface area contributed by atoms with Crippen molar-refractivity contribution in [2.24, 2.45) is 5.92 Å². The van der Waals surface area contributed by atoms with Crippen LogP contribution in [0.25, 0.3) is 0 Å². The summed E-state index contributed by atoms with van der Waals surface area (Å²) in [6.45, 7) is 5.98. The smallest absolute Gasteiger partial charge is 0.137 e. The van der Waals surface area contributed by atoms with E-state index in [0.717, 1.165) is 18.7 Å². The molecule has 1 aromatic rings. The van der Waals surface area contributed by atoms with E-state index in [1.807, 2.05) is 6.07 Å². The molecule has 78 valence electrons. The first-order valence-corrected chi connectivity index (χ1v) is 5.53. The van der Waals surface area contributed by atoms with E-state index in [9.17, 15) is 4.39 Å². The van der Waals surface area contributed by atoms with E-state index in [1.165, 1.54) is 0 Å². The molecule has 1 rings (SSSR count).